The van der Waals surface area contributed by atoms with Gasteiger partial charge < -0.3 is 10.4 Å². The summed E-state index contributed by atoms with van der Waals surface area (Å²) in [5.41, 5.74) is 0. The maximum Gasteiger partial charge on any atom is 0.325 e. The molecule has 4 nitrogen and oxygen atoms in total. The van der Waals surface area contributed by atoms with Gasteiger partial charge >= 0.3 is 5.97 Å². The molecule has 1 amide bonds. The van der Waals surface area contributed by atoms with E-state index in [1.54, 1.807) is 0 Å². The molecule has 0 aromatic carbocycles. The number of rotatable bonds is 3. The van der Waals surface area contributed by atoms with Gasteiger partial charge in [-0.2, -0.15) is 0 Å². The van der Waals surface area contributed by atoms with Gasteiger partial charge in [0.05, 0.1) is 0 Å². The van der Waals surface area contributed by atoms with Gasteiger partial charge in [0.2, 0.25) is 5.91 Å². The molecule has 0 radical (unpaired) electrons. The summed E-state index contributed by atoms with van der Waals surface area (Å²) in [7, 11) is 0. The third-order valence-electron chi connectivity index (χ3n) is 3.04. The van der Waals surface area contributed by atoms with Gasteiger partial charge in [-0.15, -0.1) is 0 Å². The molecule has 3 atom stereocenters. The highest BCUT2D eigenvalue weighted by Gasteiger charge is 2.26. The van der Waals surface area contributed by atoms with Gasteiger partial charge in [-0.1, -0.05) is 19.8 Å². The van der Waals surface area contributed by atoms with Gasteiger partial charge in [-0.25, -0.2) is 0 Å². The summed E-state index contributed by atoms with van der Waals surface area (Å²) in [4.78, 5) is 22.3. The Morgan fingerprint density at radius 3 is 2.60 bits per heavy atom. The van der Waals surface area contributed by atoms with Crippen molar-refractivity contribution in [2.24, 2.45) is 11.8 Å². The fraction of sp³-hybridized carbons (Fsp3) is 0.818. The first-order chi connectivity index (χ1) is 7.00. The van der Waals surface area contributed by atoms with Crippen molar-refractivity contribution in [1.82, 2.24) is 5.32 Å². The molecular formula is C11H19NO3. The van der Waals surface area contributed by atoms with Crippen molar-refractivity contribution in [2.45, 2.75) is 45.6 Å². The maximum atomic E-state index is 11.7. The number of carboxylic acids is 1. The van der Waals surface area contributed by atoms with Crippen molar-refractivity contribution < 1.29 is 14.7 Å². The average molecular weight is 213 g/mol. The maximum absolute atomic E-state index is 11.7. The third-order valence-corrected chi connectivity index (χ3v) is 3.04. The van der Waals surface area contributed by atoms with Crippen LogP contribution in [0.1, 0.15) is 39.5 Å². The van der Waals surface area contributed by atoms with Crippen LogP contribution in [-0.2, 0) is 9.59 Å². The molecular weight excluding hydrogens is 194 g/mol. The van der Waals surface area contributed by atoms with Crippen molar-refractivity contribution in [3.05, 3.63) is 0 Å². The van der Waals surface area contributed by atoms with Gasteiger partial charge in [0.15, 0.2) is 0 Å². The number of nitrogens with one attached hydrogen (secondary N) is 1. The summed E-state index contributed by atoms with van der Waals surface area (Å²) in [5, 5.41) is 11.2. The summed E-state index contributed by atoms with van der Waals surface area (Å²) >= 11 is 0. The van der Waals surface area contributed by atoms with E-state index in [1.807, 2.05) is 0 Å². The number of hydrogen-bond acceptors (Lipinski definition) is 2. The van der Waals surface area contributed by atoms with E-state index in [4.69, 9.17) is 5.11 Å². The quantitative estimate of drug-likeness (QED) is 0.744. The van der Waals surface area contributed by atoms with E-state index < -0.39 is 12.0 Å². The highest BCUT2D eigenvalue weighted by Crippen LogP contribution is 2.28. The van der Waals surface area contributed by atoms with Gasteiger partial charge in [0.25, 0.3) is 0 Å². The van der Waals surface area contributed by atoms with Crippen LogP contribution in [0.15, 0.2) is 0 Å². The molecule has 0 aliphatic heterocycles. The second-order valence-corrected chi connectivity index (χ2v) is 4.54. The fourth-order valence-electron chi connectivity index (χ4n) is 2.07. The van der Waals surface area contributed by atoms with Crippen LogP contribution >= 0.6 is 0 Å². The second kappa shape index (κ2) is 5.14. The van der Waals surface area contributed by atoms with E-state index in [0.29, 0.717) is 5.92 Å². The van der Waals surface area contributed by atoms with E-state index in [2.05, 4.69) is 12.2 Å². The SMILES string of the molecule is CC1CCCC(C(=O)N[C@@H](C)C(=O)O)C1. The molecule has 0 spiro atoms. The number of carbonyl (C=O) groups is 2. The summed E-state index contributed by atoms with van der Waals surface area (Å²) in [6.45, 7) is 3.63. The standard InChI is InChI=1S/C11H19NO3/c1-7-4-3-5-9(6-7)10(13)12-8(2)11(14)15/h7-9H,3-6H2,1-2H3,(H,12,13)(H,14,15)/t7?,8-,9?/m0/s1. The Bertz CT molecular complexity index is 252. The zero-order valence-corrected chi connectivity index (χ0v) is 9.32. The predicted molar refractivity (Wildman–Crippen MR) is 56.4 cm³/mol. The Balaban J connectivity index is 2.42. The van der Waals surface area contributed by atoms with E-state index >= 15 is 0 Å². The van der Waals surface area contributed by atoms with Crippen LogP contribution in [0.3, 0.4) is 0 Å². The predicted octanol–water partition coefficient (Wildman–Crippen LogP) is 1.40. The molecule has 0 aromatic heterocycles. The largest absolute Gasteiger partial charge is 0.480 e. The van der Waals surface area contributed by atoms with Gasteiger partial charge in [0, 0.05) is 5.92 Å². The summed E-state index contributed by atoms with van der Waals surface area (Å²) in [6, 6.07) is -0.783. The molecule has 1 rings (SSSR count). The van der Waals surface area contributed by atoms with Crippen LogP contribution in [0, 0.1) is 11.8 Å². The Morgan fingerprint density at radius 1 is 1.40 bits per heavy atom. The van der Waals surface area contributed by atoms with Crippen molar-refractivity contribution in [1.29, 1.82) is 0 Å². The molecule has 2 N–H and O–H groups in total. The van der Waals surface area contributed by atoms with Gasteiger partial charge in [0.1, 0.15) is 6.04 Å². The molecule has 0 bridgehead atoms. The second-order valence-electron chi connectivity index (χ2n) is 4.54. The Morgan fingerprint density at radius 2 is 2.07 bits per heavy atom. The monoisotopic (exact) mass is 213 g/mol. The Kier molecular flexibility index (Phi) is 4.12. The smallest absolute Gasteiger partial charge is 0.325 e. The number of hydrogen-bond donors (Lipinski definition) is 2. The molecule has 0 aromatic rings. The van der Waals surface area contributed by atoms with Gasteiger partial charge in [-0.3, -0.25) is 9.59 Å². The first kappa shape index (κ1) is 12.0. The molecule has 4 heteroatoms. The minimum atomic E-state index is -0.979. The summed E-state index contributed by atoms with van der Waals surface area (Å²) in [6.07, 6.45) is 4.03. The first-order valence-corrected chi connectivity index (χ1v) is 5.54. The topological polar surface area (TPSA) is 66.4 Å². The molecule has 1 saturated carbocycles. The van der Waals surface area contributed by atoms with Crippen molar-refractivity contribution >= 4 is 11.9 Å². The zero-order chi connectivity index (χ0) is 11.4. The highest BCUT2D eigenvalue weighted by molar-refractivity contribution is 5.84. The average Bonchev–Trinajstić information content (AvgIpc) is 2.17. The fourth-order valence-corrected chi connectivity index (χ4v) is 2.07. The summed E-state index contributed by atoms with van der Waals surface area (Å²) in [5.74, 6) is -0.492. The molecule has 1 aliphatic rings. The number of carboxylic acid groups (broad SMARTS) is 1. The van der Waals surface area contributed by atoms with Crippen LogP contribution in [-0.4, -0.2) is 23.0 Å². The first-order valence-electron chi connectivity index (χ1n) is 5.54. The molecule has 0 saturated heterocycles. The lowest BCUT2D eigenvalue weighted by Gasteiger charge is -2.26. The minimum Gasteiger partial charge on any atom is -0.480 e. The molecule has 1 aliphatic carbocycles. The van der Waals surface area contributed by atoms with Crippen LogP contribution in [0.2, 0.25) is 0 Å². The Labute approximate surface area is 90.0 Å². The lowest BCUT2D eigenvalue weighted by atomic mass is 9.82. The number of carbonyl (C=O) groups excluding carboxylic acids is 1. The van der Waals surface area contributed by atoms with Crippen molar-refractivity contribution in [2.75, 3.05) is 0 Å². The normalized spacial score (nSPS) is 28.1. The van der Waals surface area contributed by atoms with E-state index in [-0.39, 0.29) is 11.8 Å². The lowest BCUT2D eigenvalue weighted by molar-refractivity contribution is -0.142. The molecule has 2 unspecified atom stereocenters. The molecule has 0 heterocycles. The molecule has 86 valence electrons. The van der Waals surface area contributed by atoms with Gasteiger partial charge in [-0.05, 0) is 25.7 Å². The molecule has 1 fully saturated rings. The summed E-state index contributed by atoms with van der Waals surface area (Å²) < 4.78 is 0. The van der Waals surface area contributed by atoms with E-state index in [1.165, 1.54) is 13.3 Å². The number of aliphatic carboxylic acids is 1. The van der Waals surface area contributed by atoms with Crippen LogP contribution in [0.25, 0.3) is 0 Å². The lowest BCUT2D eigenvalue weighted by Crippen LogP contribution is -2.42. The number of amides is 1. The van der Waals surface area contributed by atoms with Crippen molar-refractivity contribution in [3.63, 3.8) is 0 Å². The van der Waals surface area contributed by atoms with Crippen molar-refractivity contribution in [3.8, 4) is 0 Å². The van der Waals surface area contributed by atoms with Crippen LogP contribution in [0.4, 0.5) is 0 Å². The minimum absolute atomic E-state index is 0.00977. The highest BCUT2D eigenvalue weighted by atomic mass is 16.4. The molecule has 15 heavy (non-hydrogen) atoms. The van der Waals surface area contributed by atoms with Crippen LogP contribution < -0.4 is 5.32 Å². The van der Waals surface area contributed by atoms with E-state index in [9.17, 15) is 9.59 Å². The van der Waals surface area contributed by atoms with Crippen LogP contribution in [0.5, 0.6) is 0 Å². The third kappa shape index (κ3) is 3.53. The zero-order valence-electron chi connectivity index (χ0n) is 9.32. The van der Waals surface area contributed by atoms with E-state index in [0.717, 1.165) is 19.3 Å². The Hall–Kier alpha value is -1.06.